The van der Waals surface area contributed by atoms with Crippen molar-refractivity contribution >= 4 is 39.3 Å². The molecule has 0 bridgehead atoms. The number of aromatic nitrogens is 6. The Bertz CT molecular complexity index is 1590. The highest BCUT2D eigenvalue weighted by atomic mass is 15.3. The van der Waals surface area contributed by atoms with Crippen molar-refractivity contribution in [2.24, 2.45) is 0 Å². The third kappa shape index (κ3) is 4.49. The number of nitrogens with one attached hydrogen (secondary N) is 2. The summed E-state index contributed by atoms with van der Waals surface area (Å²) in [6.45, 7) is 4.67. The lowest BCUT2D eigenvalue weighted by Crippen LogP contribution is -2.49. The molecule has 2 aliphatic rings. The van der Waals surface area contributed by atoms with E-state index in [4.69, 9.17) is 10.8 Å². The lowest BCUT2D eigenvalue weighted by Gasteiger charge is -2.41. The van der Waals surface area contributed by atoms with Crippen molar-refractivity contribution in [2.75, 3.05) is 44.3 Å². The second kappa shape index (κ2) is 9.94. The van der Waals surface area contributed by atoms with E-state index in [9.17, 15) is 0 Å². The van der Waals surface area contributed by atoms with Gasteiger partial charge in [-0.25, -0.2) is 14.6 Å². The summed E-state index contributed by atoms with van der Waals surface area (Å²) in [4.78, 5) is 14.1. The molecule has 0 unspecified atom stereocenters. The van der Waals surface area contributed by atoms with Crippen LogP contribution in [-0.4, -0.2) is 79.0 Å². The fraction of sp³-hybridized carbons (Fsp3) is 0.379. The van der Waals surface area contributed by atoms with Gasteiger partial charge in [-0.15, -0.1) is 0 Å². The molecule has 4 N–H and O–H groups in total. The first-order valence-electron chi connectivity index (χ1n) is 13.9. The van der Waals surface area contributed by atoms with Crippen LogP contribution < -0.4 is 11.1 Å². The van der Waals surface area contributed by atoms with Gasteiger partial charge in [-0.1, -0.05) is 24.3 Å². The van der Waals surface area contributed by atoms with Crippen LogP contribution in [0.15, 0.2) is 54.9 Å². The summed E-state index contributed by atoms with van der Waals surface area (Å²) in [5, 5.41) is 17.9. The maximum absolute atomic E-state index is 6.40. The highest BCUT2D eigenvalue weighted by Crippen LogP contribution is 2.37. The molecule has 0 spiro atoms. The van der Waals surface area contributed by atoms with Gasteiger partial charge in [0, 0.05) is 48.9 Å². The molecule has 0 atom stereocenters. The summed E-state index contributed by atoms with van der Waals surface area (Å²) in [5.74, 6) is 1.27. The van der Waals surface area contributed by atoms with Crippen LogP contribution in [-0.2, 0) is 0 Å². The van der Waals surface area contributed by atoms with E-state index in [1.165, 1.54) is 25.9 Å². The first-order chi connectivity index (χ1) is 19.1. The molecule has 4 heterocycles. The van der Waals surface area contributed by atoms with Crippen molar-refractivity contribution in [2.45, 2.75) is 37.8 Å². The molecule has 10 nitrogen and oxygen atoms in total. The number of hydrogen-bond donors (Lipinski definition) is 3. The minimum absolute atomic E-state index is 0.313. The smallest absolute Gasteiger partial charge is 0.164 e. The van der Waals surface area contributed by atoms with E-state index in [-0.39, 0.29) is 0 Å². The quantitative estimate of drug-likeness (QED) is 0.310. The molecule has 0 radical (unpaired) electrons. The number of nitrogen functional groups attached to an aromatic ring is 1. The third-order valence-electron chi connectivity index (χ3n) is 8.48. The summed E-state index contributed by atoms with van der Waals surface area (Å²) < 4.78 is 2.12. The van der Waals surface area contributed by atoms with E-state index in [2.05, 4.69) is 65.2 Å². The fourth-order valence-electron chi connectivity index (χ4n) is 6.21. The molecule has 200 valence electrons. The topological polar surface area (TPSA) is 117 Å². The molecule has 5 aromatic rings. The summed E-state index contributed by atoms with van der Waals surface area (Å²) in [7, 11) is 2.22. The van der Waals surface area contributed by atoms with Gasteiger partial charge in [-0.2, -0.15) is 10.2 Å². The van der Waals surface area contributed by atoms with Gasteiger partial charge in [-0.05, 0) is 57.0 Å². The Morgan fingerprint density at radius 3 is 2.44 bits per heavy atom. The molecule has 1 saturated carbocycles. The Labute approximate surface area is 227 Å². The molecular formula is C29H34N10. The van der Waals surface area contributed by atoms with E-state index in [1.54, 1.807) is 6.33 Å². The van der Waals surface area contributed by atoms with Gasteiger partial charge in [0.05, 0.1) is 16.9 Å². The average molecular weight is 523 g/mol. The number of benzene rings is 2. The van der Waals surface area contributed by atoms with Crippen LogP contribution >= 0.6 is 0 Å². The van der Waals surface area contributed by atoms with Crippen LogP contribution in [0, 0.1) is 0 Å². The summed E-state index contributed by atoms with van der Waals surface area (Å²) in [6.07, 6.45) is 6.12. The number of nitrogens with zero attached hydrogens (tertiary/aromatic N) is 7. The maximum atomic E-state index is 6.40. The molecule has 2 aromatic carbocycles. The lowest BCUT2D eigenvalue weighted by molar-refractivity contribution is 0.0815. The zero-order valence-electron chi connectivity index (χ0n) is 22.2. The van der Waals surface area contributed by atoms with Gasteiger partial charge < -0.3 is 16.0 Å². The van der Waals surface area contributed by atoms with Crippen molar-refractivity contribution in [3.63, 3.8) is 0 Å². The van der Waals surface area contributed by atoms with E-state index < -0.39 is 0 Å². The number of aromatic amines is 1. The molecule has 10 heteroatoms. The molecular weight excluding hydrogens is 488 g/mol. The normalized spacial score (nSPS) is 21.1. The number of hydrogen-bond acceptors (Lipinski definition) is 8. The zero-order valence-corrected chi connectivity index (χ0v) is 22.2. The zero-order chi connectivity index (χ0) is 26.3. The van der Waals surface area contributed by atoms with Crippen LogP contribution in [0.5, 0.6) is 0 Å². The standard InChI is InChI=1S/C29H34N10/c1-37-14-16-38(17-15-37)21-10-12-22(13-11-21)39-29-25(27(30)31-18-32-29)26(36-39)19-6-8-20(9-7-19)33-28-23-4-2-3-5-24(23)34-35-28/h2-9,18,21-22H,10-17H2,1H3,(H2,30,31,32)(H2,33,34,35). The Balaban J connectivity index is 1.13. The van der Waals surface area contributed by atoms with Crippen molar-refractivity contribution in [1.82, 2.24) is 39.7 Å². The number of H-pyrrole nitrogens is 1. The molecule has 1 aliphatic heterocycles. The molecule has 0 amide bonds. The van der Waals surface area contributed by atoms with Crippen molar-refractivity contribution in [3.8, 4) is 11.3 Å². The Hall–Kier alpha value is -4.02. The van der Waals surface area contributed by atoms with Crippen molar-refractivity contribution < 1.29 is 0 Å². The number of piperazine rings is 1. The minimum atomic E-state index is 0.313. The van der Waals surface area contributed by atoms with Crippen LogP contribution in [0.3, 0.4) is 0 Å². The van der Waals surface area contributed by atoms with Crippen LogP contribution in [0.2, 0.25) is 0 Å². The van der Waals surface area contributed by atoms with Gasteiger partial charge in [0.2, 0.25) is 0 Å². The number of rotatable bonds is 5. The van der Waals surface area contributed by atoms with E-state index in [0.717, 1.165) is 70.6 Å². The highest BCUT2D eigenvalue weighted by molar-refractivity contribution is 5.98. The summed E-state index contributed by atoms with van der Waals surface area (Å²) in [6, 6.07) is 17.3. The number of para-hydroxylation sites is 1. The molecule has 7 rings (SSSR count). The highest BCUT2D eigenvalue weighted by Gasteiger charge is 2.30. The van der Waals surface area contributed by atoms with Gasteiger partial charge in [-0.3, -0.25) is 10.00 Å². The molecule has 3 aromatic heterocycles. The predicted molar refractivity (Wildman–Crippen MR) is 155 cm³/mol. The van der Waals surface area contributed by atoms with Crippen molar-refractivity contribution in [1.29, 1.82) is 0 Å². The molecule has 1 aliphatic carbocycles. The van der Waals surface area contributed by atoms with Crippen molar-refractivity contribution in [3.05, 3.63) is 54.9 Å². The van der Waals surface area contributed by atoms with Crippen LogP contribution in [0.1, 0.15) is 31.7 Å². The fourth-order valence-corrected chi connectivity index (χ4v) is 6.21. The SMILES string of the molecule is CN1CCN(C2CCC(n3nc(-c4ccc(Nc5n[nH]c6ccccc56)cc4)c4c(N)ncnc43)CC2)CC1. The predicted octanol–water partition coefficient (Wildman–Crippen LogP) is 4.43. The van der Waals surface area contributed by atoms with Gasteiger partial charge in [0.25, 0.3) is 0 Å². The second-order valence-electron chi connectivity index (χ2n) is 10.9. The Morgan fingerprint density at radius 2 is 1.64 bits per heavy atom. The lowest BCUT2D eigenvalue weighted by atomic mass is 9.90. The summed E-state index contributed by atoms with van der Waals surface area (Å²) >= 11 is 0. The van der Waals surface area contributed by atoms with E-state index in [0.29, 0.717) is 17.9 Å². The molecule has 2 fully saturated rings. The van der Waals surface area contributed by atoms with Gasteiger partial charge in [0.1, 0.15) is 17.8 Å². The number of fused-ring (bicyclic) bond motifs is 2. The first-order valence-corrected chi connectivity index (χ1v) is 13.9. The van der Waals surface area contributed by atoms with Crippen LogP contribution in [0.4, 0.5) is 17.3 Å². The van der Waals surface area contributed by atoms with E-state index in [1.807, 2.05) is 30.3 Å². The Morgan fingerprint density at radius 1 is 0.897 bits per heavy atom. The Kier molecular flexibility index (Phi) is 6.13. The monoisotopic (exact) mass is 522 g/mol. The van der Waals surface area contributed by atoms with Gasteiger partial charge in [0.15, 0.2) is 11.5 Å². The number of nitrogens with two attached hydrogens (primary N) is 1. The van der Waals surface area contributed by atoms with Crippen LogP contribution in [0.25, 0.3) is 33.2 Å². The third-order valence-corrected chi connectivity index (χ3v) is 8.48. The second-order valence-corrected chi connectivity index (χ2v) is 10.9. The first kappa shape index (κ1) is 24.1. The average Bonchev–Trinajstić information content (AvgIpc) is 3.57. The minimum Gasteiger partial charge on any atom is -0.383 e. The van der Waals surface area contributed by atoms with Gasteiger partial charge >= 0.3 is 0 Å². The molecule has 1 saturated heterocycles. The maximum Gasteiger partial charge on any atom is 0.164 e. The largest absolute Gasteiger partial charge is 0.383 e. The molecule has 39 heavy (non-hydrogen) atoms. The summed E-state index contributed by atoms with van der Waals surface area (Å²) in [5.41, 5.74) is 11.0. The number of anilines is 3. The van der Waals surface area contributed by atoms with E-state index >= 15 is 0 Å². The number of likely N-dealkylation sites (N-methyl/N-ethyl adjacent to an activating group) is 1.